The lowest BCUT2D eigenvalue weighted by Crippen LogP contribution is -2.19. The first-order valence-corrected chi connectivity index (χ1v) is 12.6. The third kappa shape index (κ3) is 6.18. The summed E-state index contributed by atoms with van der Waals surface area (Å²) in [5.74, 6) is 0.920. The maximum atomic E-state index is 12.5. The molecule has 176 valence electrons. The number of nitrogens with zero attached hydrogens (tertiary/aromatic N) is 2. The number of anilines is 1. The summed E-state index contributed by atoms with van der Waals surface area (Å²) in [6.07, 6.45) is 4.01. The average molecular weight is 587 g/mol. The molecule has 0 aromatic heterocycles. The molecule has 3 aromatic rings. The molecule has 0 radical (unpaired) electrons. The highest BCUT2D eigenvalue weighted by atomic mass is 79.9. The van der Waals surface area contributed by atoms with Crippen molar-refractivity contribution in [1.82, 2.24) is 5.43 Å². The standard InChI is InChI=1S/C26H25Br2N3O3/c1-33-24-14-20(23(28)15-25(24)34-17-18-4-8-21(27)9-5-18)16-29-30-26(32)19-6-10-22(11-7-19)31-12-2-3-13-31/h4-11,14-16H,2-3,12-13,17H2,1H3,(H,30,32)/b29-16-. The first kappa shape index (κ1) is 24.3. The van der Waals surface area contributed by atoms with Gasteiger partial charge in [0.1, 0.15) is 6.61 Å². The van der Waals surface area contributed by atoms with E-state index in [1.54, 1.807) is 13.3 Å². The highest BCUT2D eigenvalue weighted by Crippen LogP contribution is 2.33. The summed E-state index contributed by atoms with van der Waals surface area (Å²) in [5.41, 5.74) is 6.09. The van der Waals surface area contributed by atoms with Gasteiger partial charge in [-0.25, -0.2) is 5.43 Å². The molecule has 0 aliphatic carbocycles. The summed E-state index contributed by atoms with van der Waals surface area (Å²) in [5, 5.41) is 4.12. The summed E-state index contributed by atoms with van der Waals surface area (Å²) in [4.78, 5) is 14.8. The molecule has 1 heterocycles. The van der Waals surface area contributed by atoms with Crippen LogP contribution in [0.2, 0.25) is 0 Å². The van der Waals surface area contributed by atoms with Gasteiger partial charge in [0.05, 0.1) is 13.3 Å². The number of hydrogen-bond acceptors (Lipinski definition) is 5. The Morgan fingerprint density at radius 1 is 1.03 bits per heavy atom. The predicted molar refractivity (Wildman–Crippen MR) is 142 cm³/mol. The van der Waals surface area contributed by atoms with Crippen LogP contribution in [0.4, 0.5) is 5.69 Å². The van der Waals surface area contributed by atoms with Crippen LogP contribution in [-0.2, 0) is 6.61 Å². The van der Waals surface area contributed by atoms with E-state index >= 15 is 0 Å². The second-order valence-corrected chi connectivity index (χ2v) is 9.65. The van der Waals surface area contributed by atoms with E-state index in [9.17, 15) is 4.79 Å². The van der Waals surface area contributed by atoms with Gasteiger partial charge in [-0.1, -0.05) is 28.1 Å². The molecule has 1 amide bonds. The number of benzene rings is 3. The predicted octanol–water partition coefficient (Wildman–Crippen LogP) is 6.16. The topological polar surface area (TPSA) is 63.2 Å². The SMILES string of the molecule is COc1cc(/C=N\NC(=O)c2ccc(N3CCCC3)cc2)c(Br)cc1OCc1ccc(Br)cc1. The molecular weight excluding hydrogens is 562 g/mol. The zero-order chi connectivity index (χ0) is 23.9. The Kier molecular flexibility index (Phi) is 8.24. The van der Waals surface area contributed by atoms with Gasteiger partial charge in [0.2, 0.25) is 0 Å². The monoisotopic (exact) mass is 585 g/mol. The Labute approximate surface area is 216 Å². The number of methoxy groups -OCH3 is 1. The number of nitrogens with one attached hydrogen (secondary N) is 1. The number of rotatable bonds is 8. The Morgan fingerprint density at radius 3 is 2.41 bits per heavy atom. The molecule has 1 aliphatic rings. The molecule has 8 heteroatoms. The molecule has 0 bridgehead atoms. The van der Waals surface area contributed by atoms with Gasteiger partial charge in [-0.15, -0.1) is 0 Å². The number of ether oxygens (including phenoxy) is 2. The molecule has 1 saturated heterocycles. The van der Waals surface area contributed by atoms with E-state index < -0.39 is 0 Å². The van der Waals surface area contributed by atoms with Gasteiger partial charge in [0.15, 0.2) is 11.5 Å². The Morgan fingerprint density at radius 2 is 1.74 bits per heavy atom. The average Bonchev–Trinajstić information content (AvgIpc) is 3.40. The van der Waals surface area contributed by atoms with Crippen molar-refractivity contribution in [3.8, 4) is 11.5 Å². The van der Waals surface area contributed by atoms with Crippen LogP contribution in [0.15, 0.2) is 74.7 Å². The molecule has 0 unspecified atom stereocenters. The molecule has 1 fully saturated rings. The van der Waals surface area contributed by atoms with Crippen molar-refractivity contribution >= 4 is 49.7 Å². The summed E-state index contributed by atoms with van der Waals surface area (Å²) >= 11 is 6.98. The van der Waals surface area contributed by atoms with Gasteiger partial charge in [0.25, 0.3) is 5.91 Å². The van der Waals surface area contributed by atoms with Crippen LogP contribution in [-0.4, -0.2) is 32.3 Å². The minimum absolute atomic E-state index is 0.262. The van der Waals surface area contributed by atoms with E-state index in [1.807, 2.05) is 60.7 Å². The van der Waals surface area contributed by atoms with Crippen molar-refractivity contribution in [2.45, 2.75) is 19.4 Å². The van der Waals surface area contributed by atoms with E-state index in [0.717, 1.165) is 38.8 Å². The van der Waals surface area contributed by atoms with Gasteiger partial charge in [-0.2, -0.15) is 5.10 Å². The summed E-state index contributed by atoms with van der Waals surface area (Å²) in [6, 6.07) is 19.2. The number of halogens is 2. The van der Waals surface area contributed by atoms with E-state index in [2.05, 4.69) is 47.3 Å². The van der Waals surface area contributed by atoms with Gasteiger partial charge in [-0.3, -0.25) is 4.79 Å². The smallest absolute Gasteiger partial charge is 0.271 e. The molecule has 0 saturated carbocycles. The fraction of sp³-hybridized carbons (Fsp3) is 0.231. The Hall–Kier alpha value is -2.84. The van der Waals surface area contributed by atoms with E-state index in [4.69, 9.17) is 9.47 Å². The third-order valence-corrected chi connectivity index (χ3v) is 6.78. The van der Waals surface area contributed by atoms with Crippen LogP contribution in [0, 0.1) is 0 Å². The van der Waals surface area contributed by atoms with Crippen LogP contribution >= 0.6 is 31.9 Å². The Bertz CT molecular complexity index is 1160. The van der Waals surface area contributed by atoms with Crippen molar-refractivity contribution in [3.05, 3.63) is 86.3 Å². The fourth-order valence-corrected chi connectivity index (χ4v) is 4.38. The molecular formula is C26H25Br2N3O3. The van der Waals surface area contributed by atoms with Gasteiger partial charge in [0, 0.05) is 38.8 Å². The normalized spacial score (nSPS) is 13.3. The van der Waals surface area contributed by atoms with Crippen LogP contribution in [0.1, 0.15) is 34.3 Å². The summed E-state index contributed by atoms with van der Waals surface area (Å²) in [7, 11) is 1.59. The number of carbonyl (C=O) groups is 1. The zero-order valence-corrected chi connectivity index (χ0v) is 21.9. The van der Waals surface area contributed by atoms with Crippen molar-refractivity contribution in [2.75, 3.05) is 25.1 Å². The van der Waals surface area contributed by atoms with E-state index in [1.165, 1.54) is 12.8 Å². The summed E-state index contributed by atoms with van der Waals surface area (Å²) in [6.45, 7) is 2.56. The molecule has 0 atom stereocenters. The number of hydrazone groups is 1. The molecule has 1 N–H and O–H groups in total. The highest BCUT2D eigenvalue weighted by Gasteiger charge is 2.13. The fourth-order valence-electron chi connectivity index (χ4n) is 3.69. The number of hydrogen-bond donors (Lipinski definition) is 1. The van der Waals surface area contributed by atoms with E-state index in [0.29, 0.717) is 23.7 Å². The van der Waals surface area contributed by atoms with Crippen molar-refractivity contribution in [2.24, 2.45) is 5.10 Å². The Balaban J connectivity index is 1.38. The maximum Gasteiger partial charge on any atom is 0.271 e. The van der Waals surface area contributed by atoms with Crippen LogP contribution in [0.25, 0.3) is 0 Å². The molecule has 4 rings (SSSR count). The quantitative estimate of drug-likeness (QED) is 0.253. The second kappa shape index (κ2) is 11.5. The van der Waals surface area contributed by atoms with E-state index in [-0.39, 0.29) is 5.91 Å². The molecule has 34 heavy (non-hydrogen) atoms. The largest absolute Gasteiger partial charge is 0.493 e. The molecule has 0 spiro atoms. The minimum atomic E-state index is -0.262. The lowest BCUT2D eigenvalue weighted by atomic mass is 10.2. The lowest BCUT2D eigenvalue weighted by molar-refractivity contribution is 0.0955. The van der Waals surface area contributed by atoms with Gasteiger partial charge in [-0.05, 0) is 82.9 Å². The minimum Gasteiger partial charge on any atom is -0.493 e. The van der Waals surface area contributed by atoms with Crippen LogP contribution in [0.3, 0.4) is 0 Å². The molecule has 3 aromatic carbocycles. The van der Waals surface area contributed by atoms with Crippen molar-refractivity contribution in [3.63, 3.8) is 0 Å². The van der Waals surface area contributed by atoms with Gasteiger partial charge >= 0.3 is 0 Å². The highest BCUT2D eigenvalue weighted by molar-refractivity contribution is 9.10. The van der Waals surface area contributed by atoms with Gasteiger partial charge < -0.3 is 14.4 Å². The number of amides is 1. The summed E-state index contributed by atoms with van der Waals surface area (Å²) < 4.78 is 13.2. The first-order chi connectivity index (χ1) is 16.5. The van der Waals surface area contributed by atoms with Crippen molar-refractivity contribution < 1.29 is 14.3 Å². The second-order valence-electron chi connectivity index (χ2n) is 7.88. The third-order valence-electron chi connectivity index (χ3n) is 5.56. The molecule has 1 aliphatic heterocycles. The first-order valence-electron chi connectivity index (χ1n) is 11.0. The van der Waals surface area contributed by atoms with Crippen LogP contribution in [0.5, 0.6) is 11.5 Å². The zero-order valence-electron chi connectivity index (χ0n) is 18.8. The van der Waals surface area contributed by atoms with Crippen LogP contribution < -0.4 is 19.8 Å². The number of carbonyl (C=O) groups excluding carboxylic acids is 1. The lowest BCUT2D eigenvalue weighted by Gasteiger charge is -2.17. The van der Waals surface area contributed by atoms with Crippen molar-refractivity contribution in [1.29, 1.82) is 0 Å². The maximum absolute atomic E-state index is 12.5. The molecule has 6 nitrogen and oxygen atoms in total.